The summed E-state index contributed by atoms with van der Waals surface area (Å²) in [4.78, 5) is 16.4. The van der Waals surface area contributed by atoms with Crippen molar-refractivity contribution in [3.8, 4) is 0 Å². The number of halogens is 4. The van der Waals surface area contributed by atoms with E-state index in [0.29, 0.717) is 31.5 Å². The van der Waals surface area contributed by atoms with Crippen molar-refractivity contribution in [2.75, 3.05) is 18.4 Å². The molecule has 2 aromatic carbocycles. The van der Waals surface area contributed by atoms with E-state index in [-0.39, 0.29) is 31.8 Å². The van der Waals surface area contributed by atoms with Crippen LogP contribution in [0.1, 0.15) is 12.8 Å². The smallest absolute Gasteiger partial charge is 0.245 e. The Morgan fingerprint density at radius 1 is 1.13 bits per heavy atom. The number of carbonyl (C=O) groups is 1. The van der Waals surface area contributed by atoms with Crippen molar-refractivity contribution in [2.45, 2.75) is 17.7 Å². The molecule has 1 N–H and O–H groups in total. The molecule has 0 saturated carbocycles. The number of amides is 1. The largest absolute Gasteiger partial charge is 0.302 e. The lowest BCUT2D eigenvalue weighted by molar-refractivity contribution is -0.120. The fourth-order valence-electron chi connectivity index (χ4n) is 3.39. The molecule has 1 fully saturated rings. The predicted octanol–water partition coefficient (Wildman–Crippen LogP) is 4.92. The average molecular weight is 506 g/mol. The molecule has 0 radical (unpaired) electrons. The minimum Gasteiger partial charge on any atom is -0.302 e. The molecule has 164 valence electrons. The number of benzene rings is 2. The number of anilines is 1. The molecule has 1 saturated heterocycles. The third kappa shape index (κ3) is 4.40. The Labute approximate surface area is 190 Å². The van der Waals surface area contributed by atoms with Crippen LogP contribution < -0.4 is 5.32 Å². The summed E-state index contributed by atoms with van der Waals surface area (Å²) in [6.07, 6.45) is 0.501. The molecule has 4 rings (SSSR count). The summed E-state index contributed by atoms with van der Waals surface area (Å²) >= 11 is 13.5. The number of fused-ring (bicyclic) bond motifs is 1. The lowest BCUT2D eigenvalue weighted by Gasteiger charge is -2.30. The molecular formula is C19H15Cl2F2N3O3S2. The van der Waals surface area contributed by atoms with Crippen LogP contribution in [0.15, 0.2) is 35.2 Å². The van der Waals surface area contributed by atoms with E-state index in [1.807, 2.05) is 0 Å². The number of carbonyl (C=O) groups excluding carboxylic acids is 1. The summed E-state index contributed by atoms with van der Waals surface area (Å²) in [5, 5.41) is 3.98. The Hall–Kier alpha value is -1.85. The molecule has 31 heavy (non-hydrogen) atoms. The summed E-state index contributed by atoms with van der Waals surface area (Å²) in [7, 11) is -4.12. The molecule has 1 amide bonds. The highest BCUT2D eigenvalue weighted by molar-refractivity contribution is 7.89. The van der Waals surface area contributed by atoms with Gasteiger partial charge >= 0.3 is 0 Å². The number of aromatic nitrogens is 1. The SMILES string of the molecule is O=C(Nc1nc2c(Cl)ccc(Cl)c2s1)C1CCN(S(=O)(=O)c2ccc(F)cc2F)CC1. The summed E-state index contributed by atoms with van der Waals surface area (Å²) in [6, 6.07) is 5.60. The number of thiazole rings is 1. The fraction of sp³-hybridized carbons (Fsp3) is 0.263. The van der Waals surface area contributed by atoms with Gasteiger partial charge in [-0.25, -0.2) is 22.2 Å². The summed E-state index contributed by atoms with van der Waals surface area (Å²) in [6.45, 7) is 0.0729. The predicted molar refractivity (Wildman–Crippen MR) is 116 cm³/mol. The second-order valence-electron chi connectivity index (χ2n) is 6.97. The molecule has 0 atom stereocenters. The highest BCUT2D eigenvalue weighted by Gasteiger charge is 2.34. The van der Waals surface area contributed by atoms with Gasteiger partial charge in [-0.2, -0.15) is 4.31 Å². The van der Waals surface area contributed by atoms with E-state index in [4.69, 9.17) is 23.2 Å². The van der Waals surface area contributed by atoms with E-state index in [0.717, 1.165) is 16.4 Å². The van der Waals surface area contributed by atoms with Crippen molar-refractivity contribution >= 4 is 65.8 Å². The van der Waals surface area contributed by atoms with Crippen LogP contribution in [0, 0.1) is 17.6 Å². The Balaban J connectivity index is 1.43. The van der Waals surface area contributed by atoms with E-state index in [1.165, 1.54) is 11.3 Å². The molecule has 1 aliphatic rings. The molecular weight excluding hydrogens is 491 g/mol. The first-order valence-corrected chi connectivity index (χ1v) is 12.2. The maximum Gasteiger partial charge on any atom is 0.245 e. The molecule has 3 aromatic rings. The molecule has 6 nitrogen and oxygen atoms in total. The molecule has 0 spiro atoms. The van der Waals surface area contributed by atoms with Crippen LogP contribution in [0.25, 0.3) is 10.2 Å². The van der Waals surface area contributed by atoms with Gasteiger partial charge in [0.25, 0.3) is 0 Å². The number of hydrogen-bond donors (Lipinski definition) is 1. The molecule has 1 aromatic heterocycles. The lowest BCUT2D eigenvalue weighted by Crippen LogP contribution is -2.41. The van der Waals surface area contributed by atoms with Gasteiger partial charge in [0.15, 0.2) is 5.13 Å². The highest BCUT2D eigenvalue weighted by Crippen LogP contribution is 2.36. The normalized spacial score (nSPS) is 16.0. The van der Waals surface area contributed by atoms with Gasteiger partial charge in [0.1, 0.15) is 22.0 Å². The van der Waals surface area contributed by atoms with Gasteiger partial charge in [-0.05, 0) is 37.1 Å². The van der Waals surface area contributed by atoms with Crippen molar-refractivity contribution in [3.05, 3.63) is 52.0 Å². The zero-order valence-corrected chi connectivity index (χ0v) is 18.9. The van der Waals surface area contributed by atoms with Crippen LogP contribution in [0.2, 0.25) is 10.0 Å². The summed E-state index contributed by atoms with van der Waals surface area (Å²) in [5.74, 6) is -2.74. The van der Waals surface area contributed by atoms with Gasteiger partial charge in [-0.3, -0.25) is 4.79 Å². The van der Waals surface area contributed by atoms with Gasteiger partial charge in [0.05, 0.1) is 14.7 Å². The van der Waals surface area contributed by atoms with Crippen molar-refractivity contribution in [1.82, 2.24) is 9.29 Å². The van der Waals surface area contributed by atoms with E-state index in [9.17, 15) is 22.0 Å². The number of sulfonamides is 1. The van der Waals surface area contributed by atoms with Crippen LogP contribution in [0.5, 0.6) is 0 Å². The molecule has 12 heteroatoms. The van der Waals surface area contributed by atoms with Gasteiger partial charge in [0.2, 0.25) is 15.9 Å². The third-order valence-electron chi connectivity index (χ3n) is 5.01. The van der Waals surface area contributed by atoms with Gasteiger partial charge in [0, 0.05) is 25.1 Å². The van der Waals surface area contributed by atoms with Gasteiger partial charge < -0.3 is 5.32 Å². The summed E-state index contributed by atoms with van der Waals surface area (Å²) in [5.41, 5.74) is 0.497. The Kier molecular flexibility index (Phi) is 6.19. The average Bonchev–Trinajstić information content (AvgIpc) is 3.15. The first kappa shape index (κ1) is 22.3. The van der Waals surface area contributed by atoms with E-state index < -0.39 is 32.5 Å². The molecule has 0 bridgehead atoms. The Bertz CT molecular complexity index is 1240. The first-order valence-electron chi connectivity index (χ1n) is 9.17. The van der Waals surface area contributed by atoms with E-state index >= 15 is 0 Å². The zero-order valence-electron chi connectivity index (χ0n) is 15.7. The fourth-order valence-corrected chi connectivity index (χ4v) is 6.33. The van der Waals surface area contributed by atoms with Crippen molar-refractivity contribution in [1.29, 1.82) is 0 Å². The molecule has 2 heterocycles. The number of hydrogen-bond acceptors (Lipinski definition) is 5. The molecule has 0 aliphatic carbocycles. The molecule has 1 aliphatic heterocycles. The Morgan fingerprint density at radius 2 is 1.81 bits per heavy atom. The van der Waals surface area contributed by atoms with Crippen LogP contribution >= 0.6 is 34.5 Å². The highest BCUT2D eigenvalue weighted by atomic mass is 35.5. The number of nitrogens with one attached hydrogen (secondary N) is 1. The van der Waals surface area contributed by atoms with Crippen LogP contribution in [0.3, 0.4) is 0 Å². The summed E-state index contributed by atoms with van der Waals surface area (Å²) < 4.78 is 54.2. The van der Waals surface area contributed by atoms with E-state index in [1.54, 1.807) is 12.1 Å². The maximum atomic E-state index is 14.0. The topological polar surface area (TPSA) is 79.4 Å². The number of piperidine rings is 1. The van der Waals surface area contributed by atoms with Crippen molar-refractivity contribution in [3.63, 3.8) is 0 Å². The van der Waals surface area contributed by atoms with Crippen LogP contribution in [0.4, 0.5) is 13.9 Å². The molecule has 0 unspecified atom stereocenters. The monoisotopic (exact) mass is 505 g/mol. The minimum atomic E-state index is -4.12. The van der Waals surface area contributed by atoms with Gasteiger partial charge in [-0.1, -0.05) is 34.5 Å². The quantitative estimate of drug-likeness (QED) is 0.545. The zero-order chi connectivity index (χ0) is 22.3. The van der Waals surface area contributed by atoms with Gasteiger partial charge in [-0.15, -0.1) is 0 Å². The van der Waals surface area contributed by atoms with Crippen molar-refractivity contribution in [2.24, 2.45) is 5.92 Å². The van der Waals surface area contributed by atoms with Crippen LogP contribution in [-0.4, -0.2) is 36.7 Å². The van der Waals surface area contributed by atoms with Crippen LogP contribution in [-0.2, 0) is 14.8 Å². The minimum absolute atomic E-state index is 0.0364. The third-order valence-corrected chi connectivity index (χ3v) is 8.68. The second kappa shape index (κ2) is 8.59. The maximum absolute atomic E-state index is 14.0. The van der Waals surface area contributed by atoms with E-state index in [2.05, 4.69) is 10.3 Å². The second-order valence-corrected chi connectivity index (χ2v) is 10.7. The Morgan fingerprint density at radius 3 is 2.45 bits per heavy atom. The number of rotatable bonds is 4. The van der Waals surface area contributed by atoms with Crippen molar-refractivity contribution < 1.29 is 22.0 Å². The number of nitrogens with zero attached hydrogens (tertiary/aromatic N) is 2. The first-order chi connectivity index (χ1) is 14.7. The standard InChI is InChI=1S/C19H15Cl2F2N3O3S2/c20-12-2-3-13(21)17-16(12)24-19(30-17)25-18(27)10-5-7-26(8-6-10)31(28,29)15-4-1-11(22)9-14(15)23/h1-4,9-10H,5-8H2,(H,24,25,27). The lowest BCUT2D eigenvalue weighted by atomic mass is 9.97.